The summed E-state index contributed by atoms with van der Waals surface area (Å²) in [4.78, 5) is 11.8. The fraction of sp³-hybridized carbons (Fsp3) is 0.533. The van der Waals surface area contributed by atoms with Gasteiger partial charge in [-0.1, -0.05) is 31.5 Å². The minimum atomic E-state index is -0.622. The summed E-state index contributed by atoms with van der Waals surface area (Å²) in [5.74, 6) is 0.651. The van der Waals surface area contributed by atoms with Crippen LogP contribution in [0.3, 0.4) is 0 Å². The number of aliphatic hydroxyl groups is 1. The number of amides is 1. The lowest BCUT2D eigenvalue weighted by atomic mass is 10.1. The molecule has 0 fully saturated rings. The molecule has 112 valence electrons. The predicted octanol–water partition coefficient (Wildman–Crippen LogP) is 2.93. The summed E-state index contributed by atoms with van der Waals surface area (Å²) in [6, 6.07) is 5.03. The third-order valence-corrected chi connectivity index (χ3v) is 3.09. The third-order valence-electron chi connectivity index (χ3n) is 2.80. The van der Waals surface area contributed by atoms with E-state index in [9.17, 15) is 9.90 Å². The van der Waals surface area contributed by atoms with Crippen molar-refractivity contribution in [1.29, 1.82) is 0 Å². The Kier molecular flexibility index (Phi) is 6.30. The summed E-state index contributed by atoms with van der Waals surface area (Å²) >= 11 is 6.08. The van der Waals surface area contributed by atoms with Gasteiger partial charge >= 0.3 is 0 Å². The second-order valence-corrected chi connectivity index (χ2v) is 5.67. The first kappa shape index (κ1) is 16.8. The molecule has 0 aromatic heterocycles. The Morgan fingerprint density at radius 3 is 2.50 bits per heavy atom. The Balaban J connectivity index is 2.66. The molecular formula is C15H22ClNO3. The van der Waals surface area contributed by atoms with E-state index in [4.69, 9.17) is 16.3 Å². The zero-order valence-corrected chi connectivity index (χ0v) is 13.1. The summed E-state index contributed by atoms with van der Waals surface area (Å²) in [6.07, 6.45) is -1.21. The Morgan fingerprint density at radius 2 is 2.00 bits per heavy atom. The average molecular weight is 300 g/mol. The van der Waals surface area contributed by atoms with Crippen molar-refractivity contribution in [2.75, 3.05) is 6.54 Å². The minimum absolute atomic E-state index is 0.172. The highest BCUT2D eigenvalue weighted by Crippen LogP contribution is 2.28. The number of ether oxygens (including phenoxy) is 1. The Hall–Kier alpha value is -1.26. The van der Waals surface area contributed by atoms with E-state index in [2.05, 4.69) is 5.32 Å². The van der Waals surface area contributed by atoms with Crippen LogP contribution in [0.4, 0.5) is 0 Å². The minimum Gasteiger partial charge on any atom is -0.479 e. The van der Waals surface area contributed by atoms with Crippen LogP contribution in [0.5, 0.6) is 5.75 Å². The maximum absolute atomic E-state index is 11.8. The van der Waals surface area contributed by atoms with E-state index in [1.807, 2.05) is 13.8 Å². The van der Waals surface area contributed by atoms with Crippen molar-refractivity contribution >= 4 is 17.5 Å². The quantitative estimate of drug-likeness (QED) is 0.849. The van der Waals surface area contributed by atoms with Gasteiger partial charge in [-0.2, -0.15) is 0 Å². The first-order valence-electron chi connectivity index (χ1n) is 6.73. The SMILES string of the molecule is CC(C)CNC(=O)C(C)Oc1ccc([C@H](C)O)cc1Cl. The second-order valence-electron chi connectivity index (χ2n) is 5.26. The average Bonchev–Trinajstić information content (AvgIpc) is 2.37. The van der Waals surface area contributed by atoms with Crippen molar-refractivity contribution in [3.8, 4) is 5.75 Å². The summed E-state index contributed by atoms with van der Waals surface area (Å²) in [7, 11) is 0. The summed E-state index contributed by atoms with van der Waals surface area (Å²) < 4.78 is 5.55. The van der Waals surface area contributed by atoms with Crippen molar-refractivity contribution < 1.29 is 14.6 Å². The van der Waals surface area contributed by atoms with E-state index in [0.29, 0.717) is 28.8 Å². The molecule has 0 saturated carbocycles. The van der Waals surface area contributed by atoms with E-state index in [-0.39, 0.29) is 5.91 Å². The van der Waals surface area contributed by atoms with Crippen LogP contribution in [0.1, 0.15) is 39.4 Å². The maximum atomic E-state index is 11.8. The predicted molar refractivity (Wildman–Crippen MR) is 80.0 cm³/mol. The smallest absolute Gasteiger partial charge is 0.260 e. The first-order valence-corrected chi connectivity index (χ1v) is 7.11. The molecule has 1 rings (SSSR count). The summed E-state index contributed by atoms with van der Waals surface area (Å²) in [6.45, 7) is 8.00. The van der Waals surface area contributed by atoms with Crippen LogP contribution in [0.2, 0.25) is 5.02 Å². The van der Waals surface area contributed by atoms with Crippen molar-refractivity contribution in [2.45, 2.75) is 39.9 Å². The highest BCUT2D eigenvalue weighted by Gasteiger charge is 2.16. The van der Waals surface area contributed by atoms with Crippen LogP contribution in [0.25, 0.3) is 0 Å². The lowest BCUT2D eigenvalue weighted by Gasteiger charge is -2.17. The van der Waals surface area contributed by atoms with Gasteiger partial charge in [0.25, 0.3) is 5.91 Å². The van der Waals surface area contributed by atoms with Gasteiger partial charge in [0.2, 0.25) is 0 Å². The lowest BCUT2D eigenvalue weighted by molar-refractivity contribution is -0.127. The highest BCUT2D eigenvalue weighted by atomic mass is 35.5. The molecule has 0 aliphatic carbocycles. The van der Waals surface area contributed by atoms with Gasteiger partial charge in [-0.05, 0) is 37.5 Å². The fourth-order valence-electron chi connectivity index (χ4n) is 1.56. The molecule has 1 amide bonds. The van der Waals surface area contributed by atoms with E-state index < -0.39 is 12.2 Å². The first-order chi connectivity index (χ1) is 9.31. The van der Waals surface area contributed by atoms with Crippen LogP contribution >= 0.6 is 11.6 Å². The molecule has 0 spiro atoms. The molecule has 0 aliphatic heterocycles. The van der Waals surface area contributed by atoms with Crippen molar-refractivity contribution in [2.24, 2.45) is 5.92 Å². The molecule has 2 N–H and O–H groups in total. The van der Waals surface area contributed by atoms with E-state index in [1.165, 1.54) is 0 Å². The fourth-order valence-corrected chi connectivity index (χ4v) is 1.80. The van der Waals surface area contributed by atoms with E-state index in [1.54, 1.807) is 32.0 Å². The number of hydrogen-bond acceptors (Lipinski definition) is 3. The van der Waals surface area contributed by atoms with Gasteiger partial charge in [-0.25, -0.2) is 0 Å². The number of rotatable bonds is 6. The molecule has 1 aromatic carbocycles. The van der Waals surface area contributed by atoms with Gasteiger partial charge in [-0.3, -0.25) is 4.79 Å². The molecule has 0 saturated heterocycles. The monoisotopic (exact) mass is 299 g/mol. The topological polar surface area (TPSA) is 58.6 Å². The van der Waals surface area contributed by atoms with Crippen LogP contribution in [0.15, 0.2) is 18.2 Å². The van der Waals surface area contributed by atoms with Crippen molar-refractivity contribution in [3.05, 3.63) is 28.8 Å². The van der Waals surface area contributed by atoms with Gasteiger partial charge in [0.05, 0.1) is 11.1 Å². The lowest BCUT2D eigenvalue weighted by Crippen LogP contribution is -2.38. The third kappa shape index (κ3) is 5.02. The van der Waals surface area contributed by atoms with Gasteiger partial charge in [0.15, 0.2) is 6.10 Å². The number of hydrogen-bond donors (Lipinski definition) is 2. The zero-order chi connectivity index (χ0) is 15.3. The zero-order valence-electron chi connectivity index (χ0n) is 12.3. The summed E-state index contributed by atoms with van der Waals surface area (Å²) in [5, 5.41) is 12.7. The molecule has 20 heavy (non-hydrogen) atoms. The number of halogens is 1. The second kappa shape index (κ2) is 7.50. The molecular weight excluding hydrogens is 278 g/mol. The number of aliphatic hydroxyl groups excluding tert-OH is 1. The van der Waals surface area contributed by atoms with Gasteiger partial charge < -0.3 is 15.2 Å². The molecule has 1 aromatic rings. The van der Waals surface area contributed by atoms with Crippen LogP contribution < -0.4 is 10.1 Å². The van der Waals surface area contributed by atoms with Gasteiger partial charge in [0.1, 0.15) is 5.75 Å². The van der Waals surface area contributed by atoms with Crippen LogP contribution in [0, 0.1) is 5.92 Å². The standard InChI is InChI=1S/C15H22ClNO3/c1-9(2)8-17-15(19)11(4)20-14-6-5-12(10(3)18)7-13(14)16/h5-7,9-11,18H,8H2,1-4H3,(H,17,19)/t10-,11?/m0/s1. The Bertz CT molecular complexity index is 460. The van der Waals surface area contributed by atoms with E-state index >= 15 is 0 Å². The Labute approximate surface area is 125 Å². The number of carbonyl (C=O) groups excluding carboxylic acids is 1. The maximum Gasteiger partial charge on any atom is 0.260 e. The van der Waals surface area contributed by atoms with Gasteiger partial charge in [-0.15, -0.1) is 0 Å². The molecule has 2 atom stereocenters. The Morgan fingerprint density at radius 1 is 1.35 bits per heavy atom. The molecule has 0 heterocycles. The number of carbonyl (C=O) groups is 1. The molecule has 4 nitrogen and oxygen atoms in total. The largest absolute Gasteiger partial charge is 0.479 e. The van der Waals surface area contributed by atoms with E-state index in [0.717, 1.165) is 0 Å². The highest BCUT2D eigenvalue weighted by molar-refractivity contribution is 6.32. The normalized spacial score (nSPS) is 13.9. The van der Waals surface area contributed by atoms with Crippen LogP contribution in [-0.2, 0) is 4.79 Å². The molecule has 0 radical (unpaired) electrons. The number of benzene rings is 1. The molecule has 0 bridgehead atoms. The molecule has 0 aliphatic rings. The van der Waals surface area contributed by atoms with Crippen molar-refractivity contribution in [1.82, 2.24) is 5.32 Å². The van der Waals surface area contributed by atoms with Gasteiger partial charge in [0, 0.05) is 6.54 Å². The van der Waals surface area contributed by atoms with Crippen LogP contribution in [-0.4, -0.2) is 23.7 Å². The molecule has 1 unspecified atom stereocenters. The molecule has 5 heteroatoms. The van der Waals surface area contributed by atoms with Crippen molar-refractivity contribution in [3.63, 3.8) is 0 Å². The summed E-state index contributed by atoms with van der Waals surface area (Å²) in [5.41, 5.74) is 0.708. The number of nitrogens with one attached hydrogen (secondary N) is 1.